The molecule has 5 heteroatoms. The first-order valence-electron chi connectivity index (χ1n) is 4.93. The number of nitrogen functional groups attached to an aromatic ring is 1. The van der Waals surface area contributed by atoms with Crippen LogP contribution in [0.3, 0.4) is 0 Å². The molecule has 2 N–H and O–H groups in total. The van der Waals surface area contributed by atoms with Crippen molar-refractivity contribution in [1.29, 1.82) is 0 Å². The van der Waals surface area contributed by atoms with E-state index in [0.717, 1.165) is 0 Å². The predicted molar refractivity (Wildman–Crippen MR) is 69.4 cm³/mol. The van der Waals surface area contributed by atoms with Crippen molar-refractivity contribution in [3.05, 3.63) is 41.0 Å². The Labute approximate surface area is 108 Å². The summed E-state index contributed by atoms with van der Waals surface area (Å²) >= 11 is 3.37. The first kappa shape index (κ1) is 11.7. The second kappa shape index (κ2) is 5.05. The number of hydrogen-bond acceptors (Lipinski definition) is 4. The quantitative estimate of drug-likeness (QED) is 0.883. The van der Waals surface area contributed by atoms with E-state index in [1.165, 1.54) is 0 Å². The summed E-state index contributed by atoms with van der Waals surface area (Å²) in [5.41, 5.74) is 6.38. The van der Waals surface area contributed by atoms with Crippen LogP contribution >= 0.6 is 15.9 Å². The first-order chi connectivity index (χ1) is 8.22. The Kier molecular flexibility index (Phi) is 3.49. The largest absolute Gasteiger partial charge is 0.491 e. The lowest BCUT2D eigenvalue weighted by Gasteiger charge is -2.10. The van der Waals surface area contributed by atoms with Crippen LogP contribution in [0.4, 0.5) is 5.69 Å². The van der Waals surface area contributed by atoms with E-state index in [0.29, 0.717) is 27.5 Å². The number of ether oxygens (including phenoxy) is 2. The van der Waals surface area contributed by atoms with Gasteiger partial charge in [0, 0.05) is 11.9 Å². The summed E-state index contributed by atoms with van der Waals surface area (Å²) in [5.74, 6) is 1.57. The molecule has 0 spiro atoms. The Morgan fingerprint density at radius 1 is 1.18 bits per heavy atom. The molecule has 2 rings (SSSR count). The predicted octanol–water partition coefficient (Wildman–Crippen LogP) is 3.23. The molecule has 88 valence electrons. The highest BCUT2D eigenvalue weighted by molar-refractivity contribution is 9.10. The normalized spacial score (nSPS) is 10.0. The molecule has 1 heterocycles. The van der Waals surface area contributed by atoms with Crippen LogP contribution in [0.2, 0.25) is 0 Å². The summed E-state index contributed by atoms with van der Waals surface area (Å²) in [6, 6.07) is 8.95. The monoisotopic (exact) mass is 294 g/mol. The molecule has 0 aliphatic heterocycles. The molecule has 17 heavy (non-hydrogen) atoms. The summed E-state index contributed by atoms with van der Waals surface area (Å²) in [6.07, 6.45) is 1.64. The number of rotatable bonds is 3. The smallest absolute Gasteiger partial charge is 0.262 e. The number of hydrogen-bond donors (Lipinski definition) is 1. The molecule has 0 radical (unpaired) electrons. The summed E-state index contributed by atoms with van der Waals surface area (Å²) in [5, 5.41) is 0. The van der Waals surface area contributed by atoms with Crippen LogP contribution in [-0.2, 0) is 0 Å². The number of nitrogens with two attached hydrogens (primary N) is 1. The van der Waals surface area contributed by atoms with Gasteiger partial charge < -0.3 is 15.2 Å². The van der Waals surface area contributed by atoms with Gasteiger partial charge in [-0.15, -0.1) is 0 Å². The van der Waals surface area contributed by atoms with E-state index in [1.54, 1.807) is 37.6 Å². The molecular weight excluding hydrogens is 284 g/mol. The van der Waals surface area contributed by atoms with Crippen LogP contribution in [-0.4, -0.2) is 12.1 Å². The van der Waals surface area contributed by atoms with Crippen LogP contribution < -0.4 is 15.2 Å². The molecule has 0 atom stereocenters. The van der Waals surface area contributed by atoms with Crippen molar-refractivity contribution < 1.29 is 9.47 Å². The van der Waals surface area contributed by atoms with E-state index < -0.39 is 0 Å². The molecule has 0 saturated carbocycles. The number of pyridine rings is 1. The number of aromatic nitrogens is 1. The summed E-state index contributed by atoms with van der Waals surface area (Å²) in [4.78, 5) is 4.11. The topological polar surface area (TPSA) is 57.4 Å². The number of methoxy groups -OCH3 is 1. The van der Waals surface area contributed by atoms with E-state index >= 15 is 0 Å². The van der Waals surface area contributed by atoms with Gasteiger partial charge in [0.1, 0.15) is 5.75 Å². The Bertz CT molecular complexity index is 532. The van der Waals surface area contributed by atoms with Crippen molar-refractivity contribution in [3.8, 4) is 17.4 Å². The van der Waals surface area contributed by atoms with Gasteiger partial charge in [0.25, 0.3) is 5.88 Å². The second-order valence-electron chi connectivity index (χ2n) is 3.27. The van der Waals surface area contributed by atoms with E-state index in [2.05, 4.69) is 20.9 Å². The van der Waals surface area contributed by atoms with Gasteiger partial charge >= 0.3 is 0 Å². The SMILES string of the molecule is COc1cccnc1Oc1cccc(N)c1Br. The molecule has 2 aromatic rings. The van der Waals surface area contributed by atoms with Crippen LogP contribution in [0.15, 0.2) is 41.0 Å². The van der Waals surface area contributed by atoms with Gasteiger partial charge in [0.15, 0.2) is 5.75 Å². The molecule has 0 bridgehead atoms. The maximum atomic E-state index is 5.77. The molecule has 0 saturated heterocycles. The van der Waals surface area contributed by atoms with E-state index in [4.69, 9.17) is 15.2 Å². The molecule has 0 aliphatic carbocycles. The lowest BCUT2D eigenvalue weighted by Crippen LogP contribution is -1.94. The zero-order chi connectivity index (χ0) is 12.3. The van der Waals surface area contributed by atoms with E-state index in [-0.39, 0.29) is 0 Å². The van der Waals surface area contributed by atoms with Gasteiger partial charge in [-0.2, -0.15) is 0 Å². The highest BCUT2D eigenvalue weighted by atomic mass is 79.9. The van der Waals surface area contributed by atoms with Crippen LogP contribution in [0.25, 0.3) is 0 Å². The third kappa shape index (κ3) is 2.50. The molecule has 1 aromatic heterocycles. The number of nitrogens with zero attached hydrogens (tertiary/aromatic N) is 1. The number of halogens is 1. The Morgan fingerprint density at radius 3 is 2.71 bits per heavy atom. The van der Waals surface area contributed by atoms with E-state index in [1.807, 2.05) is 6.07 Å². The van der Waals surface area contributed by atoms with Crippen molar-refractivity contribution in [3.63, 3.8) is 0 Å². The fourth-order valence-corrected chi connectivity index (χ4v) is 1.66. The minimum absolute atomic E-state index is 0.404. The van der Waals surface area contributed by atoms with E-state index in [9.17, 15) is 0 Å². The van der Waals surface area contributed by atoms with Gasteiger partial charge in [-0.05, 0) is 40.2 Å². The highest BCUT2D eigenvalue weighted by Gasteiger charge is 2.09. The van der Waals surface area contributed by atoms with Crippen molar-refractivity contribution >= 4 is 21.6 Å². The standard InChI is InChI=1S/C12H11BrN2O2/c1-16-10-6-3-7-15-12(10)17-9-5-2-4-8(14)11(9)13/h2-7H,14H2,1H3. The Hall–Kier alpha value is -1.75. The van der Waals surface area contributed by atoms with Crippen molar-refractivity contribution in [2.45, 2.75) is 0 Å². The zero-order valence-corrected chi connectivity index (χ0v) is 10.8. The van der Waals surface area contributed by atoms with Crippen LogP contribution in [0, 0.1) is 0 Å². The summed E-state index contributed by atoms with van der Waals surface area (Å²) in [6.45, 7) is 0. The third-order valence-corrected chi connectivity index (χ3v) is 3.00. The first-order valence-corrected chi connectivity index (χ1v) is 5.72. The number of anilines is 1. The lowest BCUT2D eigenvalue weighted by atomic mass is 10.3. The Balaban J connectivity index is 2.35. The van der Waals surface area contributed by atoms with Gasteiger partial charge in [0.2, 0.25) is 0 Å². The number of benzene rings is 1. The minimum atomic E-state index is 0.404. The van der Waals surface area contributed by atoms with Crippen molar-refractivity contribution in [1.82, 2.24) is 4.98 Å². The second-order valence-corrected chi connectivity index (χ2v) is 4.07. The van der Waals surface area contributed by atoms with Gasteiger partial charge in [0.05, 0.1) is 11.6 Å². The summed E-state index contributed by atoms with van der Waals surface area (Å²) < 4.78 is 11.5. The van der Waals surface area contributed by atoms with Gasteiger partial charge in [-0.25, -0.2) is 4.98 Å². The Morgan fingerprint density at radius 2 is 1.94 bits per heavy atom. The molecule has 1 aromatic carbocycles. The summed E-state index contributed by atoms with van der Waals surface area (Å²) in [7, 11) is 1.57. The minimum Gasteiger partial charge on any atom is -0.491 e. The molecular formula is C12H11BrN2O2. The fourth-order valence-electron chi connectivity index (χ4n) is 1.32. The van der Waals surface area contributed by atoms with Gasteiger partial charge in [-0.3, -0.25) is 0 Å². The average Bonchev–Trinajstić information content (AvgIpc) is 2.35. The third-order valence-electron chi connectivity index (χ3n) is 2.16. The molecule has 0 unspecified atom stereocenters. The lowest BCUT2D eigenvalue weighted by molar-refractivity contribution is 0.369. The van der Waals surface area contributed by atoms with Gasteiger partial charge in [-0.1, -0.05) is 6.07 Å². The van der Waals surface area contributed by atoms with Crippen LogP contribution in [0.1, 0.15) is 0 Å². The maximum Gasteiger partial charge on any atom is 0.262 e. The van der Waals surface area contributed by atoms with Crippen molar-refractivity contribution in [2.75, 3.05) is 12.8 Å². The van der Waals surface area contributed by atoms with Crippen LogP contribution in [0.5, 0.6) is 17.4 Å². The molecule has 0 aliphatic rings. The molecule has 0 fully saturated rings. The fraction of sp³-hybridized carbons (Fsp3) is 0.0833. The van der Waals surface area contributed by atoms with Crippen molar-refractivity contribution in [2.24, 2.45) is 0 Å². The molecule has 4 nitrogen and oxygen atoms in total. The average molecular weight is 295 g/mol. The molecule has 0 amide bonds. The zero-order valence-electron chi connectivity index (χ0n) is 9.18. The maximum absolute atomic E-state index is 5.77. The highest BCUT2D eigenvalue weighted by Crippen LogP contribution is 2.35.